The maximum atomic E-state index is 3.63. The number of benzene rings is 6. The van der Waals surface area contributed by atoms with E-state index in [4.69, 9.17) is 0 Å². The van der Waals surface area contributed by atoms with Crippen LogP contribution in [0, 0.1) is 0 Å². The zero-order chi connectivity index (χ0) is 27.4. The molecule has 0 radical (unpaired) electrons. The average molecular weight is 581 g/mol. The summed E-state index contributed by atoms with van der Waals surface area (Å²) in [5, 5.41) is 5.02. The second-order valence-electron chi connectivity index (χ2n) is 12.4. The van der Waals surface area contributed by atoms with E-state index in [-0.39, 0.29) is 10.8 Å². The molecule has 0 aromatic heterocycles. The molecule has 1 heterocycles. The van der Waals surface area contributed by atoms with Crippen LogP contribution in [0.3, 0.4) is 0 Å². The molecule has 0 N–H and O–H groups in total. The summed E-state index contributed by atoms with van der Waals surface area (Å²) in [5.74, 6) is 0. The lowest BCUT2D eigenvalue weighted by Gasteiger charge is -2.43. The van der Waals surface area contributed by atoms with E-state index in [0.29, 0.717) is 0 Å². The fourth-order valence-corrected chi connectivity index (χ4v) is 7.65. The van der Waals surface area contributed by atoms with Gasteiger partial charge in [0.2, 0.25) is 0 Å². The Labute approximate surface area is 244 Å². The van der Waals surface area contributed by atoms with E-state index in [0.717, 1.165) is 4.47 Å². The van der Waals surface area contributed by atoms with Gasteiger partial charge in [-0.3, -0.25) is 0 Å². The molecule has 6 aromatic carbocycles. The Morgan fingerprint density at radius 1 is 0.475 bits per heavy atom. The van der Waals surface area contributed by atoms with E-state index in [1.54, 1.807) is 0 Å². The summed E-state index contributed by atoms with van der Waals surface area (Å²) in [6, 6.07) is 41.0. The van der Waals surface area contributed by atoms with Crippen molar-refractivity contribution in [3.8, 4) is 11.1 Å². The van der Waals surface area contributed by atoms with Crippen LogP contribution >= 0.6 is 15.9 Å². The lowest BCUT2D eigenvalue weighted by molar-refractivity contribution is 0.627. The fraction of sp³-hybridized carbons (Fsp3) is 0.158. The van der Waals surface area contributed by atoms with Crippen molar-refractivity contribution in [1.82, 2.24) is 0 Å². The van der Waals surface area contributed by atoms with Crippen LogP contribution in [0.1, 0.15) is 49.9 Å². The third kappa shape index (κ3) is 3.20. The first-order valence-corrected chi connectivity index (χ1v) is 14.8. The second kappa shape index (κ2) is 8.08. The molecule has 1 nitrogen and oxygen atoms in total. The van der Waals surface area contributed by atoms with Crippen molar-refractivity contribution in [2.75, 3.05) is 4.90 Å². The molecular weight excluding hydrogens is 550 g/mol. The number of halogens is 1. The molecule has 0 unspecified atom stereocenters. The first-order chi connectivity index (χ1) is 19.2. The number of anilines is 3. The topological polar surface area (TPSA) is 3.24 Å². The molecule has 40 heavy (non-hydrogen) atoms. The molecule has 2 aliphatic rings. The quantitative estimate of drug-likeness (QED) is 0.175. The Bertz CT molecular complexity index is 2030. The van der Waals surface area contributed by atoms with Gasteiger partial charge >= 0.3 is 0 Å². The maximum absolute atomic E-state index is 3.63. The molecule has 1 aliphatic carbocycles. The van der Waals surface area contributed by atoms with Crippen LogP contribution in [0.15, 0.2) is 114 Å². The standard InChI is InChI=1S/C38H30BrN/c1-37(2)31-10-6-5-9-29(31)30-21-34-36(22-33(30)37)40(35-12-8-7-11-32(35)38(34,3)4)28-16-14-24-17-25-19-27(39)15-13-23(25)18-26(24)20-28/h5-22H,1-4H3. The van der Waals surface area contributed by atoms with Crippen molar-refractivity contribution in [2.45, 2.75) is 38.5 Å². The molecular formula is C38H30BrN. The van der Waals surface area contributed by atoms with Gasteiger partial charge in [0.15, 0.2) is 0 Å². The highest BCUT2D eigenvalue weighted by Gasteiger charge is 2.42. The van der Waals surface area contributed by atoms with Crippen molar-refractivity contribution in [1.29, 1.82) is 0 Å². The SMILES string of the molecule is CC1(C)c2ccccc2-c2cc3c(cc21)N(c1ccc2cc4cc(Br)ccc4cc2c1)c1ccccc1C3(C)C. The van der Waals surface area contributed by atoms with Gasteiger partial charge in [0, 0.05) is 21.0 Å². The summed E-state index contributed by atoms with van der Waals surface area (Å²) in [7, 11) is 0. The third-order valence-corrected chi connectivity index (χ3v) is 9.92. The molecule has 2 heteroatoms. The van der Waals surface area contributed by atoms with Crippen molar-refractivity contribution >= 4 is 54.5 Å². The largest absolute Gasteiger partial charge is 0.310 e. The second-order valence-corrected chi connectivity index (χ2v) is 13.4. The smallest absolute Gasteiger partial charge is 0.0506 e. The van der Waals surface area contributed by atoms with E-state index in [1.807, 2.05) is 0 Å². The van der Waals surface area contributed by atoms with Crippen LogP contribution in [0.2, 0.25) is 0 Å². The van der Waals surface area contributed by atoms with Gasteiger partial charge in [-0.25, -0.2) is 0 Å². The number of nitrogens with zero attached hydrogens (tertiary/aromatic N) is 1. The molecule has 0 spiro atoms. The van der Waals surface area contributed by atoms with Gasteiger partial charge in [-0.15, -0.1) is 0 Å². The lowest BCUT2D eigenvalue weighted by Crippen LogP contribution is -2.31. The maximum Gasteiger partial charge on any atom is 0.0506 e. The summed E-state index contributed by atoms with van der Waals surface area (Å²) in [6.07, 6.45) is 0. The van der Waals surface area contributed by atoms with Crippen molar-refractivity contribution in [3.05, 3.63) is 136 Å². The van der Waals surface area contributed by atoms with Crippen LogP contribution in [0.4, 0.5) is 17.1 Å². The Morgan fingerprint density at radius 2 is 1.12 bits per heavy atom. The summed E-state index contributed by atoms with van der Waals surface area (Å²) in [5.41, 5.74) is 11.9. The molecule has 6 aromatic rings. The lowest BCUT2D eigenvalue weighted by atomic mass is 9.72. The minimum atomic E-state index is -0.125. The highest BCUT2D eigenvalue weighted by atomic mass is 79.9. The molecule has 8 rings (SSSR count). The number of fused-ring (bicyclic) bond motifs is 7. The Kier molecular flexibility index (Phi) is 4.84. The molecule has 0 fully saturated rings. The van der Waals surface area contributed by atoms with E-state index < -0.39 is 0 Å². The molecule has 0 bridgehead atoms. The normalized spacial score (nSPS) is 16.0. The number of para-hydroxylation sites is 1. The third-order valence-electron chi connectivity index (χ3n) is 9.43. The van der Waals surface area contributed by atoms with Gasteiger partial charge in [-0.1, -0.05) is 98.2 Å². The summed E-state index contributed by atoms with van der Waals surface area (Å²) in [6.45, 7) is 9.50. The minimum Gasteiger partial charge on any atom is -0.310 e. The average Bonchev–Trinajstić information content (AvgIpc) is 3.17. The van der Waals surface area contributed by atoms with Crippen LogP contribution in [-0.4, -0.2) is 0 Å². The van der Waals surface area contributed by atoms with Gasteiger partial charge < -0.3 is 4.90 Å². The van der Waals surface area contributed by atoms with E-state index in [9.17, 15) is 0 Å². The number of hydrogen-bond acceptors (Lipinski definition) is 1. The molecule has 0 saturated heterocycles. The summed E-state index contributed by atoms with van der Waals surface area (Å²) >= 11 is 3.63. The molecule has 0 atom stereocenters. The van der Waals surface area contributed by atoms with E-state index >= 15 is 0 Å². The van der Waals surface area contributed by atoms with Gasteiger partial charge in [0.25, 0.3) is 0 Å². The first kappa shape index (κ1) is 24.0. The summed E-state index contributed by atoms with van der Waals surface area (Å²) in [4.78, 5) is 2.50. The number of rotatable bonds is 1. The Hall–Kier alpha value is -3.88. The van der Waals surface area contributed by atoms with Crippen molar-refractivity contribution in [3.63, 3.8) is 0 Å². The van der Waals surface area contributed by atoms with Gasteiger partial charge in [-0.05, 0) is 110 Å². The molecule has 1 aliphatic heterocycles. The van der Waals surface area contributed by atoms with E-state index in [2.05, 4.69) is 158 Å². The van der Waals surface area contributed by atoms with Crippen LogP contribution in [-0.2, 0) is 10.8 Å². The Morgan fingerprint density at radius 3 is 1.93 bits per heavy atom. The highest BCUT2D eigenvalue weighted by Crippen LogP contribution is 2.57. The molecule has 0 amide bonds. The zero-order valence-corrected chi connectivity index (χ0v) is 24.8. The van der Waals surface area contributed by atoms with E-state index in [1.165, 1.54) is 72.0 Å². The Balaban J connectivity index is 1.40. The van der Waals surface area contributed by atoms with Crippen LogP contribution in [0.25, 0.3) is 32.7 Å². The van der Waals surface area contributed by atoms with Gasteiger partial charge in [0.1, 0.15) is 0 Å². The predicted octanol–water partition coefficient (Wildman–Crippen LogP) is 11.2. The van der Waals surface area contributed by atoms with Gasteiger partial charge in [0.05, 0.1) is 11.4 Å². The summed E-state index contributed by atoms with van der Waals surface area (Å²) < 4.78 is 1.11. The highest BCUT2D eigenvalue weighted by molar-refractivity contribution is 9.10. The van der Waals surface area contributed by atoms with Gasteiger partial charge in [-0.2, -0.15) is 0 Å². The monoisotopic (exact) mass is 579 g/mol. The predicted molar refractivity (Wildman–Crippen MR) is 174 cm³/mol. The first-order valence-electron chi connectivity index (χ1n) is 14.0. The minimum absolute atomic E-state index is 0.0513. The number of hydrogen-bond donors (Lipinski definition) is 0. The fourth-order valence-electron chi connectivity index (χ4n) is 7.27. The zero-order valence-electron chi connectivity index (χ0n) is 23.2. The van der Waals surface area contributed by atoms with Crippen LogP contribution in [0.5, 0.6) is 0 Å². The molecule has 0 saturated carbocycles. The molecule has 194 valence electrons. The van der Waals surface area contributed by atoms with Crippen LogP contribution < -0.4 is 4.90 Å². The van der Waals surface area contributed by atoms with Crippen molar-refractivity contribution in [2.24, 2.45) is 0 Å². The van der Waals surface area contributed by atoms with Crippen molar-refractivity contribution < 1.29 is 0 Å².